The van der Waals surface area contributed by atoms with Crippen LogP contribution >= 0.6 is 0 Å². The zero-order valence-electron chi connectivity index (χ0n) is 15.2. The number of nitrogens with one attached hydrogen (secondary N) is 1. The molecule has 1 fully saturated rings. The fraction of sp³-hybridized carbons (Fsp3) is 0.824. The van der Waals surface area contributed by atoms with Gasteiger partial charge in [-0.2, -0.15) is 5.10 Å². The molecule has 1 aliphatic heterocycles. The number of hydrogen-bond acceptors (Lipinski definition) is 5. The molecule has 6 nitrogen and oxygen atoms in total. The van der Waals surface area contributed by atoms with Crippen molar-refractivity contribution >= 4 is 0 Å². The van der Waals surface area contributed by atoms with Crippen LogP contribution in [0, 0.1) is 13.8 Å². The molecule has 132 valence electrons. The predicted molar refractivity (Wildman–Crippen MR) is 93.6 cm³/mol. The summed E-state index contributed by atoms with van der Waals surface area (Å²) >= 11 is 0. The quantitative estimate of drug-likeness (QED) is 0.734. The van der Waals surface area contributed by atoms with Crippen LogP contribution in [0.4, 0.5) is 0 Å². The summed E-state index contributed by atoms with van der Waals surface area (Å²) in [4.78, 5) is 4.81. The first kappa shape index (κ1) is 18.4. The number of aromatic nitrogens is 2. The van der Waals surface area contributed by atoms with Gasteiger partial charge in [0.05, 0.1) is 18.8 Å². The van der Waals surface area contributed by atoms with Crippen molar-refractivity contribution in [1.29, 1.82) is 0 Å². The van der Waals surface area contributed by atoms with Crippen LogP contribution in [0.15, 0.2) is 0 Å². The lowest BCUT2D eigenvalue weighted by atomic mass is 10.0. The van der Waals surface area contributed by atoms with Crippen LogP contribution in [0.5, 0.6) is 0 Å². The van der Waals surface area contributed by atoms with Crippen molar-refractivity contribution in [2.45, 2.75) is 45.8 Å². The number of aryl methyl sites for hydroxylation is 1. The fourth-order valence-electron chi connectivity index (χ4n) is 3.25. The summed E-state index contributed by atoms with van der Waals surface area (Å²) in [6, 6.07) is 0.602. The molecule has 0 aromatic carbocycles. The highest BCUT2D eigenvalue weighted by Gasteiger charge is 2.19. The number of likely N-dealkylation sites (N-methyl/N-ethyl adjacent to an activating group) is 1. The van der Waals surface area contributed by atoms with Crippen LogP contribution in [-0.4, -0.2) is 77.6 Å². The van der Waals surface area contributed by atoms with Crippen molar-refractivity contribution in [2.75, 3.05) is 46.9 Å². The second-order valence-electron chi connectivity index (χ2n) is 6.90. The molecule has 1 aliphatic rings. The maximum absolute atomic E-state index is 9.10. The van der Waals surface area contributed by atoms with Gasteiger partial charge in [-0.05, 0) is 53.9 Å². The molecule has 0 saturated carbocycles. The van der Waals surface area contributed by atoms with Crippen LogP contribution in [0.3, 0.4) is 0 Å². The molecule has 2 heterocycles. The van der Waals surface area contributed by atoms with Crippen molar-refractivity contribution in [3.8, 4) is 0 Å². The molecule has 0 atom stereocenters. The van der Waals surface area contributed by atoms with Crippen molar-refractivity contribution in [2.24, 2.45) is 0 Å². The van der Waals surface area contributed by atoms with Gasteiger partial charge in [0.1, 0.15) is 0 Å². The van der Waals surface area contributed by atoms with E-state index in [1.54, 1.807) is 0 Å². The molecule has 0 bridgehead atoms. The third kappa shape index (κ3) is 5.28. The molecular formula is C17H33N5O. The van der Waals surface area contributed by atoms with Gasteiger partial charge in [-0.25, -0.2) is 0 Å². The Morgan fingerprint density at radius 3 is 2.52 bits per heavy atom. The molecule has 0 unspecified atom stereocenters. The number of rotatable bonds is 8. The summed E-state index contributed by atoms with van der Waals surface area (Å²) in [5.74, 6) is 0. The first-order valence-corrected chi connectivity index (χ1v) is 8.75. The summed E-state index contributed by atoms with van der Waals surface area (Å²) in [6.07, 6.45) is 2.44. The van der Waals surface area contributed by atoms with E-state index in [9.17, 15) is 0 Å². The molecule has 23 heavy (non-hydrogen) atoms. The first-order chi connectivity index (χ1) is 11.0. The smallest absolute Gasteiger partial charge is 0.0644 e. The number of aliphatic hydroxyl groups is 1. The Morgan fingerprint density at radius 2 is 1.91 bits per heavy atom. The summed E-state index contributed by atoms with van der Waals surface area (Å²) in [7, 11) is 4.27. The molecule has 6 heteroatoms. The first-order valence-electron chi connectivity index (χ1n) is 8.75. The number of piperidine rings is 1. The highest BCUT2D eigenvalue weighted by atomic mass is 16.3. The highest BCUT2D eigenvalue weighted by molar-refractivity contribution is 5.24. The van der Waals surface area contributed by atoms with Gasteiger partial charge in [0, 0.05) is 36.9 Å². The lowest BCUT2D eigenvalue weighted by Crippen LogP contribution is -2.44. The number of hydrogen-bond donors (Lipinski definition) is 2. The van der Waals surface area contributed by atoms with Crippen molar-refractivity contribution in [1.82, 2.24) is 24.9 Å². The maximum Gasteiger partial charge on any atom is 0.0644 e. The number of aliphatic hydroxyl groups excluding tert-OH is 1. The summed E-state index contributed by atoms with van der Waals surface area (Å²) < 4.78 is 1.91. The standard InChI is InChI=1S/C17H33N5O/c1-14-17(15(2)22(19-14)11-12-23)13-18-16-5-7-21(8-6-16)10-9-20(3)4/h16,18,23H,5-13H2,1-4H3. The molecule has 1 aromatic rings. The van der Waals surface area contributed by atoms with E-state index in [4.69, 9.17) is 5.11 Å². The van der Waals surface area contributed by atoms with E-state index in [1.165, 1.54) is 43.7 Å². The van der Waals surface area contributed by atoms with Gasteiger partial charge in [-0.3, -0.25) is 4.68 Å². The van der Waals surface area contributed by atoms with E-state index < -0.39 is 0 Å². The second-order valence-corrected chi connectivity index (χ2v) is 6.90. The molecular weight excluding hydrogens is 290 g/mol. The minimum absolute atomic E-state index is 0.139. The van der Waals surface area contributed by atoms with E-state index in [1.807, 2.05) is 4.68 Å². The molecule has 1 aromatic heterocycles. The van der Waals surface area contributed by atoms with E-state index in [0.717, 1.165) is 18.8 Å². The zero-order valence-corrected chi connectivity index (χ0v) is 15.2. The third-order valence-electron chi connectivity index (χ3n) is 4.86. The largest absolute Gasteiger partial charge is 0.394 e. The van der Waals surface area contributed by atoms with Crippen LogP contribution in [0.2, 0.25) is 0 Å². The third-order valence-corrected chi connectivity index (χ3v) is 4.86. The van der Waals surface area contributed by atoms with Gasteiger partial charge in [0.15, 0.2) is 0 Å². The van der Waals surface area contributed by atoms with Crippen molar-refractivity contribution in [3.63, 3.8) is 0 Å². The Morgan fingerprint density at radius 1 is 1.22 bits per heavy atom. The average Bonchev–Trinajstić information content (AvgIpc) is 2.79. The maximum atomic E-state index is 9.10. The van der Waals surface area contributed by atoms with Gasteiger partial charge in [0.25, 0.3) is 0 Å². The van der Waals surface area contributed by atoms with Crippen LogP contribution in [0.25, 0.3) is 0 Å². The van der Waals surface area contributed by atoms with E-state index in [-0.39, 0.29) is 6.61 Å². The van der Waals surface area contributed by atoms with E-state index in [2.05, 4.69) is 48.2 Å². The lowest BCUT2D eigenvalue weighted by Gasteiger charge is -2.33. The Balaban J connectivity index is 1.77. The molecule has 0 amide bonds. The molecule has 0 radical (unpaired) electrons. The highest BCUT2D eigenvalue weighted by Crippen LogP contribution is 2.15. The Labute approximate surface area is 140 Å². The van der Waals surface area contributed by atoms with Crippen LogP contribution in [0.1, 0.15) is 29.8 Å². The van der Waals surface area contributed by atoms with Gasteiger partial charge in [-0.1, -0.05) is 0 Å². The molecule has 2 rings (SSSR count). The second kappa shape index (κ2) is 8.78. The van der Waals surface area contributed by atoms with Crippen LogP contribution < -0.4 is 5.32 Å². The Hall–Kier alpha value is -0.950. The van der Waals surface area contributed by atoms with E-state index >= 15 is 0 Å². The minimum atomic E-state index is 0.139. The van der Waals surface area contributed by atoms with Gasteiger partial charge < -0.3 is 20.2 Å². The lowest BCUT2D eigenvalue weighted by molar-refractivity contribution is 0.182. The summed E-state index contributed by atoms with van der Waals surface area (Å²) in [5.41, 5.74) is 3.54. The summed E-state index contributed by atoms with van der Waals surface area (Å²) in [5, 5.41) is 17.3. The topological polar surface area (TPSA) is 56.6 Å². The van der Waals surface area contributed by atoms with Crippen LogP contribution in [-0.2, 0) is 13.1 Å². The number of nitrogens with zero attached hydrogens (tertiary/aromatic N) is 4. The fourth-order valence-corrected chi connectivity index (χ4v) is 3.25. The Kier molecular flexibility index (Phi) is 7.02. The van der Waals surface area contributed by atoms with Crippen molar-refractivity contribution in [3.05, 3.63) is 17.0 Å². The van der Waals surface area contributed by atoms with Crippen molar-refractivity contribution < 1.29 is 5.11 Å². The van der Waals surface area contributed by atoms with E-state index in [0.29, 0.717) is 12.6 Å². The minimum Gasteiger partial charge on any atom is -0.394 e. The molecule has 1 saturated heterocycles. The molecule has 0 spiro atoms. The number of likely N-dealkylation sites (tertiary alicyclic amines) is 1. The average molecular weight is 323 g/mol. The molecule has 0 aliphatic carbocycles. The Bertz CT molecular complexity index is 478. The predicted octanol–water partition coefficient (Wildman–Crippen LogP) is 0.608. The monoisotopic (exact) mass is 323 g/mol. The zero-order chi connectivity index (χ0) is 16.8. The van der Waals surface area contributed by atoms with Gasteiger partial charge >= 0.3 is 0 Å². The van der Waals surface area contributed by atoms with Gasteiger partial charge in [0.2, 0.25) is 0 Å². The summed E-state index contributed by atoms with van der Waals surface area (Å²) in [6.45, 7) is 10.4. The molecule has 2 N–H and O–H groups in total. The SMILES string of the molecule is Cc1nn(CCO)c(C)c1CNC1CCN(CCN(C)C)CC1. The normalized spacial score (nSPS) is 17.3. The van der Waals surface area contributed by atoms with Gasteiger partial charge in [-0.15, -0.1) is 0 Å².